The highest BCUT2D eigenvalue weighted by Crippen LogP contribution is 2.30. The van der Waals surface area contributed by atoms with Gasteiger partial charge in [0.2, 0.25) is 0 Å². The third kappa shape index (κ3) is 3.51. The van der Waals surface area contributed by atoms with Gasteiger partial charge in [0.15, 0.2) is 0 Å². The summed E-state index contributed by atoms with van der Waals surface area (Å²) in [5.74, 6) is -0.362. The van der Waals surface area contributed by atoms with Crippen molar-refractivity contribution in [2.75, 3.05) is 17.7 Å². The van der Waals surface area contributed by atoms with Crippen molar-refractivity contribution in [1.82, 2.24) is 0 Å². The Bertz CT molecular complexity index is 608. The highest BCUT2D eigenvalue weighted by molar-refractivity contribution is 7.18. The monoisotopic (exact) mass is 290 g/mol. The van der Waals surface area contributed by atoms with E-state index in [2.05, 4.69) is 30.4 Å². The number of anilines is 2. The molecule has 0 aliphatic heterocycles. The van der Waals surface area contributed by atoms with E-state index in [0.717, 1.165) is 5.00 Å². The maximum atomic E-state index is 11.7. The summed E-state index contributed by atoms with van der Waals surface area (Å²) in [7, 11) is 0. The molecule has 2 aromatic rings. The highest BCUT2D eigenvalue weighted by atomic mass is 32.1. The standard InChI is InChI=1S/C15H18N2O2S/c1-3-19-15(18)14-12(16)8-13(20-14)17-9-11-6-4-5-10(2)7-11/h4-8,17H,3,9,16H2,1-2H3. The molecule has 0 saturated heterocycles. The van der Waals surface area contributed by atoms with Crippen LogP contribution in [0.15, 0.2) is 30.3 Å². The fraction of sp³-hybridized carbons (Fsp3) is 0.267. The Morgan fingerprint density at radius 1 is 1.40 bits per heavy atom. The lowest BCUT2D eigenvalue weighted by Gasteiger charge is -2.04. The molecular formula is C15H18N2O2S. The predicted octanol–water partition coefficient (Wildman–Crippen LogP) is 3.43. The Hall–Kier alpha value is -2.01. The second-order valence-electron chi connectivity index (χ2n) is 4.46. The number of nitrogens with two attached hydrogens (primary N) is 1. The summed E-state index contributed by atoms with van der Waals surface area (Å²) in [6, 6.07) is 10.0. The summed E-state index contributed by atoms with van der Waals surface area (Å²) in [5, 5.41) is 4.14. The number of ether oxygens (including phenoxy) is 1. The van der Waals surface area contributed by atoms with Crippen molar-refractivity contribution in [2.24, 2.45) is 0 Å². The first-order chi connectivity index (χ1) is 9.60. The van der Waals surface area contributed by atoms with E-state index in [1.54, 1.807) is 13.0 Å². The van der Waals surface area contributed by atoms with E-state index in [1.807, 2.05) is 6.07 Å². The molecule has 0 spiro atoms. The van der Waals surface area contributed by atoms with Crippen LogP contribution in [-0.4, -0.2) is 12.6 Å². The lowest BCUT2D eigenvalue weighted by Crippen LogP contribution is -2.04. The first-order valence-electron chi connectivity index (χ1n) is 6.46. The van der Waals surface area contributed by atoms with Crippen molar-refractivity contribution < 1.29 is 9.53 Å². The van der Waals surface area contributed by atoms with Crippen LogP contribution < -0.4 is 11.1 Å². The van der Waals surface area contributed by atoms with E-state index >= 15 is 0 Å². The van der Waals surface area contributed by atoms with Gasteiger partial charge in [-0.15, -0.1) is 11.3 Å². The molecule has 0 unspecified atom stereocenters. The maximum Gasteiger partial charge on any atom is 0.350 e. The smallest absolute Gasteiger partial charge is 0.350 e. The van der Waals surface area contributed by atoms with Crippen LogP contribution in [0.3, 0.4) is 0 Å². The zero-order chi connectivity index (χ0) is 14.5. The van der Waals surface area contributed by atoms with Gasteiger partial charge in [-0.25, -0.2) is 4.79 Å². The van der Waals surface area contributed by atoms with Crippen molar-refractivity contribution in [3.8, 4) is 0 Å². The topological polar surface area (TPSA) is 64.3 Å². The minimum Gasteiger partial charge on any atom is -0.462 e. The SMILES string of the molecule is CCOC(=O)c1sc(NCc2cccc(C)c2)cc1N. The summed E-state index contributed by atoms with van der Waals surface area (Å²) in [6.07, 6.45) is 0. The van der Waals surface area contributed by atoms with Crippen LogP contribution in [0.2, 0.25) is 0 Å². The lowest BCUT2D eigenvalue weighted by atomic mass is 10.1. The van der Waals surface area contributed by atoms with Crippen molar-refractivity contribution in [1.29, 1.82) is 0 Å². The first kappa shape index (κ1) is 14.4. The molecule has 20 heavy (non-hydrogen) atoms. The molecule has 0 radical (unpaired) electrons. The van der Waals surface area contributed by atoms with Gasteiger partial charge in [-0.3, -0.25) is 0 Å². The van der Waals surface area contributed by atoms with Gasteiger partial charge in [0.1, 0.15) is 4.88 Å². The van der Waals surface area contributed by atoms with Gasteiger partial charge in [0.05, 0.1) is 17.3 Å². The van der Waals surface area contributed by atoms with Crippen LogP contribution in [0.4, 0.5) is 10.7 Å². The largest absolute Gasteiger partial charge is 0.462 e. The van der Waals surface area contributed by atoms with E-state index in [0.29, 0.717) is 23.7 Å². The van der Waals surface area contributed by atoms with E-state index in [1.165, 1.54) is 22.5 Å². The van der Waals surface area contributed by atoms with Crippen molar-refractivity contribution in [2.45, 2.75) is 20.4 Å². The van der Waals surface area contributed by atoms with Crippen molar-refractivity contribution in [3.05, 3.63) is 46.3 Å². The summed E-state index contributed by atoms with van der Waals surface area (Å²) >= 11 is 1.32. The zero-order valence-electron chi connectivity index (χ0n) is 11.6. The third-order valence-corrected chi connectivity index (χ3v) is 3.86. The molecule has 0 aliphatic carbocycles. The molecule has 0 fully saturated rings. The average molecular weight is 290 g/mol. The summed E-state index contributed by atoms with van der Waals surface area (Å²) in [4.78, 5) is 12.1. The molecule has 0 bridgehead atoms. The van der Waals surface area contributed by atoms with E-state index < -0.39 is 0 Å². The molecule has 2 rings (SSSR count). The van der Waals surface area contributed by atoms with Crippen LogP contribution in [0.5, 0.6) is 0 Å². The van der Waals surface area contributed by atoms with Crippen molar-refractivity contribution >= 4 is 28.0 Å². The highest BCUT2D eigenvalue weighted by Gasteiger charge is 2.15. The van der Waals surface area contributed by atoms with E-state index in [4.69, 9.17) is 10.5 Å². The second-order valence-corrected chi connectivity index (χ2v) is 5.51. The van der Waals surface area contributed by atoms with Crippen LogP contribution in [0.25, 0.3) is 0 Å². The Morgan fingerprint density at radius 3 is 2.90 bits per heavy atom. The quantitative estimate of drug-likeness (QED) is 0.828. The molecule has 5 heteroatoms. The summed E-state index contributed by atoms with van der Waals surface area (Å²) in [6.45, 7) is 4.89. The van der Waals surface area contributed by atoms with Crippen LogP contribution >= 0.6 is 11.3 Å². The summed E-state index contributed by atoms with van der Waals surface area (Å²) in [5.41, 5.74) is 8.71. The number of carbonyl (C=O) groups is 1. The molecule has 1 heterocycles. The normalized spacial score (nSPS) is 10.3. The van der Waals surface area contributed by atoms with Gasteiger partial charge in [-0.2, -0.15) is 0 Å². The van der Waals surface area contributed by atoms with E-state index in [-0.39, 0.29) is 5.97 Å². The molecule has 106 valence electrons. The number of carbonyl (C=O) groups excluding carboxylic acids is 1. The Kier molecular flexibility index (Phi) is 4.63. The molecule has 1 aromatic heterocycles. The summed E-state index contributed by atoms with van der Waals surface area (Å²) < 4.78 is 4.96. The lowest BCUT2D eigenvalue weighted by molar-refractivity contribution is 0.0533. The number of hydrogen-bond acceptors (Lipinski definition) is 5. The Morgan fingerprint density at radius 2 is 2.20 bits per heavy atom. The predicted molar refractivity (Wildman–Crippen MR) is 83.2 cm³/mol. The van der Waals surface area contributed by atoms with Crippen molar-refractivity contribution in [3.63, 3.8) is 0 Å². The minimum atomic E-state index is -0.362. The van der Waals surface area contributed by atoms with Crippen LogP contribution in [0, 0.1) is 6.92 Å². The molecular weight excluding hydrogens is 272 g/mol. The number of aryl methyl sites for hydroxylation is 1. The number of rotatable bonds is 5. The molecule has 0 saturated carbocycles. The number of thiophene rings is 1. The molecule has 3 N–H and O–H groups in total. The Balaban J connectivity index is 2.04. The van der Waals surface area contributed by atoms with Gasteiger partial charge in [-0.05, 0) is 25.5 Å². The number of nitrogen functional groups attached to an aromatic ring is 1. The van der Waals surface area contributed by atoms with Crippen LogP contribution in [0.1, 0.15) is 27.7 Å². The number of nitrogens with one attached hydrogen (secondary N) is 1. The molecule has 0 aliphatic rings. The maximum absolute atomic E-state index is 11.7. The Labute approximate surface area is 122 Å². The van der Waals surface area contributed by atoms with E-state index in [9.17, 15) is 4.79 Å². The van der Waals surface area contributed by atoms with Gasteiger partial charge in [0.25, 0.3) is 0 Å². The second kappa shape index (κ2) is 6.43. The van der Waals surface area contributed by atoms with Crippen LogP contribution in [-0.2, 0) is 11.3 Å². The molecule has 1 aromatic carbocycles. The van der Waals surface area contributed by atoms with Gasteiger partial charge < -0.3 is 15.8 Å². The van der Waals surface area contributed by atoms with Gasteiger partial charge in [0, 0.05) is 6.54 Å². The molecule has 0 amide bonds. The first-order valence-corrected chi connectivity index (χ1v) is 7.27. The molecule has 0 atom stereocenters. The van der Waals surface area contributed by atoms with Gasteiger partial charge >= 0.3 is 5.97 Å². The zero-order valence-corrected chi connectivity index (χ0v) is 12.4. The third-order valence-electron chi connectivity index (χ3n) is 2.77. The molecule has 4 nitrogen and oxygen atoms in total. The fourth-order valence-electron chi connectivity index (χ4n) is 1.86. The van der Waals surface area contributed by atoms with Gasteiger partial charge in [-0.1, -0.05) is 29.8 Å². The average Bonchev–Trinajstić information content (AvgIpc) is 2.78. The number of hydrogen-bond donors (Lipinski definition) is 2. The number of benzene rings is 1. The minimum absolute atomic E-state index is 0.349. The fourth-order valence-corrected chi connectivity index (χ4v) is 2.73. The number of esters is 1.